The molecule has 0 fully saturated rings. The lowest BCUT2D eigenvalue weighted by Crippen LogP contribution is -2.36. The van der Waals surface area contributed by atoms with Gasteiger partial charge in [0, 0.05) is 29.1 Å². The first-order chi connectivity index (χ1) is 15.6. The van der Waals surface area contributed by atoms with Crippen LogP contribution in [0.2, 0.25) is 0 Å². The number of aliphatic imine (C=N–C) groups is 2. The maximum atomic E-state index is 5.42. The largest absolute Gasteiger partial charge is 0.324 e. The molecule has 2 rings (SSSR count). The lowest BCUT2D eigenvalue weighted by Gasteiger charge is -2.23. The smallest absolute Gasteiger partial charge is 0.169 e. The van der Waals surface area contributed by atoms with Crippen LogP contribution in [0, 0.1) is 18.3 Å². The number of hydrogen-bond acceptors (Lipinski definition) is 4. The van der Waals surface area contributed by atoms with E-state index in [1.54, 1.807) is 24.5 Å². The average Bonchev–Trinajstić information content (AvgIpc) is 2.85. The minimum Gasteiger partial charge on any atom is -0.324 e. The van der Waals surface area contributed by atoms with E-state index >= 15 is 0 Å². The van der Waals surface area contributed by atoms with Crippen LogP contribution in [0.15, 0.2) is 94.8 Å². The minimum atomic E-state index is -0.371. The van der Waals surface area contributed by atoms with Crippen LogP contribution in [-0.4, -0.2) is 16.7 Å². The first-order valence-electron chi connectivity index (χ1n) is 11.2. The minimum absolute atomic E-state index is 0.371. The average molecular weight is 429 g/mol. The highest BCUT2D eigenvalue weighted by atomic mass is 15.2. The zero-order valence-corrected chi connectivity index (χ0v) is 20.0. The molecule has 1 aromatic heterocycles. The highest BCUT2D eigenvalue weighted by Crippen LogP contribution is 2.24. The van der Waals surface area contributed by atoms with Gasteiger partial charge in [-0.1, -0.05) is 77.0 Å². The Morgan fingerprint density at radius 3 is 2.41 bits per heavy atom. The van der Waals surface area contributed by atoms with Crippen LogP contribution < -0.4 is 5.32 Å². The van der Waals surface area contributed by atoms with Crippen LogP contribution in [0.5, 0.6) is 0 Å². The lowest BCUT2D eigenvalue weighted by molar-refractivity contribution is 0.571. The third kappa shape index (κ3) is 8.35. The Morgan fingerprint density at radius 2 is 1.84 bits per heavy atom. The van der Waals surface area contributed by atoms with Gasteiger partial charge in [0.15, 0.2) is 6.17 Å². The van der Waals surface area contributed by atoms with Crippen molar-refractivity contribution >= 4 is 11.7 Å². The molecule has 1 N–H and O–H groups in total. The highest BCUT2D eigenvalue weighted by molar-refractivity contribution is 6.17. The molecule has 1 aromatic rings. The number of nitrogens with zero attached hydrogens (tertiary/aromatic N) is 3. The van der Waals surface area contributed by atoms with Gasteiger partial charge in [0.05, 0.1) is 0 Å². The van der Waals surface area contributed by atoms with Crippen LogP contribution in [-0.2, 0) is 0 Å². The van der Waals surface area contributed by atoms with Gasteiger partial charge >= 0.3 is 0 Å². The van der Waals surface area contributed by atoms with Crippen molar-refractivity contribution in [2.45, 2.75) is 53.6 Å². The van der Waals surface area contributed by atoms with Crippen LogP contribution in [0.4, 0.5) is 0 Å². The molecule has 0 spiro atoms. The van der Waals surface area contributed by atoms with E-state index in [4.69, 9.17) is 16.4 Å². The lowest BCUT2D eigenvalue weighted by atomic mass is 10.0. The normalized spacial score (nSPS) is 17.6. The van der Waals surface area contributed by atoms with E-state index < -0.39 is 0 Å². The van der Waals surface area contributed by atoms with E-state index in [0.717, 1.165) is 35.4 Å². The molecule has 0 bridgehead atoms. The summed E-state index contributed by atoms with van der Waals surface area (Å²) >= 11 is 0. The number of hydrogen-bond donors (Lipinski definition) is 1. The standard InChI is InChI=1S/C26H30N4.C2H6/c1-6-10-13-21(11-7-2)24-28-25(22(12-8-3)15-14-20(5)9-4)30-26(29-24)23-16-18-27-19-17-23;1-2/h1,7-8,10-13,15-20,26H,2,9,14H2,3-5H3,(H,28,29,30);1-2H3/b12-8-,13-10-,21-11+,22-15+;. The van der Waals surface area contributed by atoms with Crippen molar-refractivity contribution in [3.8, 4) is 12.3 Å². The summed E-state index contributed by atoms with van der Waals surface area (Å²) < 4.78 is 0. The predicted octanol–water partition coefficient (Wildman–Crippen LogP) is 6.75. The molecule has 0 saturated heterocycles. The van der Waals surface area contributed by atoms with Crippen LogP contribution in [0.3, 0.4) is 0 Å². The monoisotopic (exact) mass is 428 g/mol. The van der Waals surface area contributed by atoms with E-state index in [0.29, 0.717) is 11.8 Å². The van der Waals surface area contributed by atoms with Crippen molar-refractivity contribution < 1.29 is 0 Å². The van der Waals surface area contributed by atoms with Gasteiger partial charge in [-0.05, 0) is 43.5 Å². The number of amidine groups is 2. The van der Waals surface area contributed by atoms with Gasteiger partial charge in [0.25, 0.3) is 0 Å². The Bertz CT molecular complexity index is 937. The Labute approximate surface area is 194 Å². The molecular weight excluding hydrogens is 392 g/mol. The number of pyridine rings is 1. The number of rotatable bonds is 9. The van der Waals surface area contributed by atoms with Gasteiger partial charge in [-0.3, -0.25) is 4.98 Å². The van der Waals surface area contributed by atoms with Gasteiger partial charge in [-0.25, -0.2) is 9.98 Å². The summed E-state index contributed by atoms with van der Waals surface area (Å²) in [6.45, 7) is 14.3. The maximum Gasteiger partial charge on any atom is 0.169 e. The summed E-state index contributed by atoms with van der Waals surface area (Å²) in [4.78, 5) is 13.8. The van der Waals surface area contributed by atoms with Crippen molar-refractivity contribution in [1.29, 1.82) is 0 Å². The summed E-state index contributed by atoms with van der Waals surface area (Å²) in [7, 11) is 0. The van der Waals surface area contributed by atoms with Gasteiger partial charge < -0.3 is 5.32 Å². The molecule has 2 atom stereocenters. The van der Waals surface area contributed by atoms with E-state index in [1.807, 2.05) is 51.1 Å². The molecular formula is C28H36N4. The van der Waals surface area contributed by atoms with Crippen LogP contribution in [0.25, 0.3) is 0 Å². The first kappa shape index (κ1) is 26.6. The van der Waals surface area contributed by atoms with Crippen molar-refractivity contribution in [1.82, 2.24) is 10.3 Å². The fraction of sp³-hybridized carbons (Fsp3) is 0.321. The summed E-state index contributed by atoms with van der Waals surface area (Å²) in [5, 5.41) is 3.40. The van der Waals surface area contributed by atoms with Crippen molar-refractivity contribution in [2.24, 2.45) is 15.9 Å². The fourth-order valence-electron chi connectivity index (χ4n) is 2.82. The van der Waals surface area contributed by atoms with Crippen LogP contribution >= 0.6 is 0 Å². The molecule has 0 saturated carbocycles. The van der Waals surface area contributed by atoms with Crippen molar-refractivity contribution in [2.75, 3.05) is 0 Å². The molecule has 2 unspecified atom stereocenters. The van der Waals surface area contributed by atoms with E-state index in [1.165, 1.54) is 0 Å². The molecule has 1 aliphatic rings. The Hall–Kier alpha value is -3.45. The quantitative estimate of drug-likeness (QED) is 0.349. The third-order valence-corrected chi connectivity index (χ3v) is 4.73. The molecule has 0 amide bonds. The van der Waals surface area contributed by atoms with E-state index in [2.05, 4.69) is 48.8 Å². The van der Waals surface area contributed by atoms with Gasteiger partial charge in [-0.2, -0.15) is 0 Å². The molecule has 4 nitrogen and oxygen atoms in total. The Kier molecular flexibility index (Phi) is 12.8. The zero-order chi connectivity index (χ0) is 23.8. The summed E-state index contributed by atoms with van der Waals surface area (Å²) in [6.07, 6.45) is 24.1. The predicted molar refractivity (Wildman–Crippen MR) is 140 cm³/mol. The number of nitrogens with one attached hydrogen (secondary N) is 1. The third-order valence-electron chi connectivity index (χ3n) is 4.73. The van der Waals surface area contributed by atoms with Crippen molar-refractivity contribution in [3.63, 3.8) is 0 Å². The second kappa shape index (κ2) is 15.4. The molecule has 0 radical (unpaired) electrons. The molecule has 4 heteroatoms. The first-order valence-corrected chi connectivity index (χ1v) is 11.2. The fourth-order valence-corrected chi connectivity index (χ4v) is 2.82. The topological polar surface area (TPSA) is 49.6 Å². The van der Waals surface area contributed by atoms with Gasteiger partial charge in [0.1, 0.15) is 11.7 Å². The Morgan fingerprint density at radius 1 is 1.19 bits per heavy atom. The number of aromatic nitrogens is 1. The Balaban J connectivity index is 0.00000249. The second-order valence-corrected chi connectivity index (χ2v) is 7.00. The van der Waals surface area contributed by atoms with Gasteiger partial charge in [0.2, 0.25) is 0 Å². The maximum absolute atomic E-state index is 5.42. The zero-order valence-electron chi connectivity index (χ0n) is 20.0. The van der Waals surface area contributed by atoms with Crippen molar-refractivity contribution in [3.05, 3.63) is 90.3 Å². The summed E-state index contributed by atoms with van der Waals surface area (Å²) in [5.41, 5.74) is 2.86. The molecule has 168 valence electrons. The number of allylic oxidation sites excluding steroid dienone is 5. The molecule has 2 heterocycles. The SMILES string of the molecule is C#C/C=C\C(=C/C=C)C1=NC(c2ccncc2)N=C(C(/C=C\C)=C/CC(C)CC)N1.CC. The summed E-state index contributed by atoms with van der Waals surface area (Å²) in [6, 6.07) is 3.87. The van der Waals surface area contributed by atoms with E-state index in [-0.39, 0.29) is 6.17 Å². The summed E-state index contributed by atoms with van der Waals surface area (Å²) in [5.74, 6) is 4.62. The highest BCUT2D eigenvalue weighted by Gasteiger charge is 2.21. The molecule has 32 heavy (non-hydrogen) atoms. The molecule has 0 aromatic carbocycles. The molecule has 1 aliphatic heterocycles. The van der Waals surface area contributed by atoms with Gasteiger partial charge in [-0.15, -0.1) is 6.42 Å². The van der Waals surface area contributed by atoms with Crippen LogP contribution in [0.1, 0.15) is 59.2 Å². The van der Waals surface area contributed by atoms with E-state index in [9.17, 15) is 0 Å². The molecule has 0 aliphatic carbocycles. The second-order valence-electron chi connectivity index (χ2n) is 7.00. The number of terminal acetylenes is 1.